The first-order valence-corrected chi connectivity index (χ1v) is 12.7. The van der Waals surface area contributed by atoms with Crippen LogP contribution >= 0.6 is 11.6 Å². The van der Waals surface area contributed by atoms with Gasteiger partial charge < -0.3 is 9.64 Å². The smallest absolute Gasteiger partial charge is 0.338 e. The zero-order chi connectivity index (χ0) is 26.1. The molecule has 5 rings (SSSR count). The molecule has 0 atom stereocenters. The third-order valence-corrected chi connectivity index (χ3v) is 7.32. The topological polar surface area (TPSA) is 73.5 Å². The number of methoxy groups -OCH3 is 1. The molecule has 1 aromatic heterocycles. The molecule has 0 saturated carbocycles. The molecule has 4 aromatic rings. The maximum atomic E-state index is 13.8. The van der Waals surface area contributed by atoms with Crippen molar-refractivity contribution in [3.8, 4) is 5.69 Å². The normalized spacial score (nSPS) is 13.6. The summed E-state index contributed by atoms with van der Waals surface area (Å²) in [4.78, 5) is 40.8. The number of likely N-dealkylation sites (tertiary alicyclic amines) is 1. The van der Waals surface area contributed by atoms with Crippen LogP contribution in [-0.4, -0.2) is 46.1 Å². The molecule has 1 fully saturated rings. The number of amides is 1. The molecule has 7 nitrogen and oxygen atoms in total. The number of fused-ring (bicyclic) bond motifs is 1. The van der Waals surface area contributed by atoms with E-state index in [0.717, 1.165) is 43.5 Å². The maximum Gasteiger partial charge on any atom is 0.338 e. The van der Waals surface area contributed by atoms with Gasteiger partial charge in [0.25, 0.3) is 5.91 Å². The number of halogens is 1. The molecule has 8 heteroatoms. The highest BCUT2D eigenvalue weighted by Crippen LogP contribution is 2.24. The minimum atomic E-state index is -0.417. The number of ether oxygens (including phenoxy) is 1. The SMILES string of the molecule is COC(=O)c1cccc(Cn2c(=O)n(-c3ccc(C(=O)N4CCCCC4)cc3)c3cc(Cl)ccc32)c1C. The van der Waals surface area contributed by atoms with Crippen molar-refractivity contribution >= 4 is 34.5 Å². The first-order valence-electron chi connectivity index (χ1n) is 12.4. The third-order valence-electron chi connectivity index (χ3n) is 7.09. The summed E-state index contributed by atoms with van der Waals surface area (Å²) in [6, 6.07) is 17.9. The van der Waals surface area contributed by atoms with Crippen molar-refractivity contribution in [2.45, 2.75) is 32.7 Å². The van der Waals surface area contributed by atoms with Crippen molar-refractivity contribution in [2.24, 2.45) is 0 Å². The van der Waals surface area contributed by atoms with Gasteiger partial charge in [0.1, 0.15) is 0 Å². The highest BCUT2D eigenvalue weighted by Gasteiger charge is 2.20. The maximum absolute atomic E-state index is 13.8. The van der Waals surface area contributed by atoms with Gasteiger partial charge in [-0.25, -0.2) is 9.59 Å². The number of rotatable bonds is 5. The van der Waals surface area contributed by atoms with Gasteiger partial charge in [-0.1, -0.05) is 23.7 Å². The second-order valence-electron chi connectivity index (χ2n) is 9.32. The lowest BCUT2D eigenvalue weighted by Crippen LogP contribution is -2.35. The van der Waals surface area contributed by atoms with Gasteiger partial charge in [-0.3, -0.25) is 13.9 Å². The van der Waals surface area contributed by atoms with E-state index >= 15 is 0 Å². The Morgan fingerprint density at radius 2 is 1.68 bits per heavy atom. The zero-order valence-corrected chi connectivity index (χ0v) is 21.6. The van der Waals surface area contributed by atoms with Crippen molar-refractivity contribution in [1.82, 2.24) is 14.0 Å². The molecule has 0 bridgehead atoms. The number of benzene rings is 3. The molecular weight excluding hydrogens is 490 g/mol. The second-order valence-corrected chi connectivity index (χ2v) is 9.75. The van der Waals surface area contributed by atoms with E-state index < -0.39 is 5.97 Å². The molecule has 1 aliphatic heterocycles. The van der Waals surface area contributed by atoms with Gasteiger partial charge in [0.15, 0.2) is 0 Å². The van der Waals surface area contributed by atoms with Crippen LogP contribution in [-0.2, 0) is 11.3 Å². The Labute approximate surface area is 219 Å². The fourth-order valence-electron chi connectivity index (χ4n) is 5.02. The summed E-state index contributed by atoms with van der Waals surface area (Å²) in [6.07, 6.45) is 3.22. The predicted molar refractivity (Wildman–Crippen MR) is 144 cm³/mol. The lowest BCUT2D eigenvalue weighted by atomic mass is 10.0. The number of aromatic nitrogens is 2. The summed E-state index contributed by atoms with van der Waals surface area (Å²) >= 11 is 6.32. The van der Waals surface area contributed by atoms with Gasteiger partial charge in [0.05, 0.1) is 35.9 Å². The third kappa shape index (κ3) is 4.67. The van der Waals surface area contributed by atoms with Gasteiger partial charge in [0.2, 0.25) is 0 Å². The Hall–Kier alpha value is -3.84. The van der Waals surface area contributed by atoms with E-state index in [2.05, 4.69) is 0 Å². The average Bonchev–Trinajstić information content (AvgIpc) is 3.19. The Balaban J connectivity index is 1.56. The molecule has 190 valence electrons. The predicted octanol–water partition coefficient (Wildman–Crippen LogP) is 5.22. The molecule has 3 aromatic carbocycles. The molecule has 2 heterocycles. The van der Waals surface area contributed by atoms with Crippen LogP contribution in [0.3, 0.4) is 0 Å². The van der Waals surface area contributed by atoms with Crippen molar-refractivity contribution in [2.75, 3.05) is 20.2 Å². The number of carbonyl (C=O) groups excluding carboxylic acids is 2. The Bertz CT molecular complexity index is 1550. The van der Waals surface area contributed by atoms with E-state index in [1.807, 2.05) is 24.0 Å². The summed E-state index contributed by atoms with van der Waals surface area (Å²) in [5, 5.41) is 0.513. The minimum absolute atomic E-state index is 0.0185. The van der Waals surface area contributed by atoms with Gasteiger partial charge in [-0.15, -0.1) is 0 Å². The summed E-state index contributed by atoms with van der Waals surface area (Å²) < 4.78 is 8.18. The molecule has 0 radical (unpaired) electrons. The number of esters is 1. The van der Waals surface area contributed by atoms with Crippen LogP contribution in [0, 0.1) is 6.92 Å². The molecule has 0 N–H and O–H groups in total. The van der Waals surface area contributed by atoms with Crippen molar-refractivity contribution in [1.29, 1.82) is 0 Å². The molecule has 1 amide bonds. The standard InChI is InChI=1S/C29H28ClN3O4/c1-19-21(7-6-8-24(19)28(35)37-2)18-32-25-14-11-22(30)17-26(25)33(29(32)36)23-12-9-20(10-13-23)27(34)31-15-4-3-5-16-31/h6-14,17H,3-5,15-16,18H2,1-2H3. The quantitative estimate of drug-likeness (QED) is 0.340. The molecule has 0 spiro atoms. The Kier molecular flexibility index (Phi) is 6.89. The fourth-order valence-corrected chi connectivity index (χ4v) is 5.19. The number of imidazole rings is 1. The molecular formula is C29H28ClN3O4. The van der Waals surface area contributed by atoms with Crippen LogP contribution in [0.15, 0.2) is 65.5 Å². The summed E-state index contributed by atoms with van der Waals surface area (Å²) in [5.74, 6) is -0.398. The highest BCUT2D eigenvalue weighted by atomic mass is 35.5. The summed E-state index contributed by atoms with van der Waals surface area (Å²) in [7, 11) is 1.35. The van der Waals surface area contributed by atoms with Crippen LogP contribution in [0.25, 0.3) is 16.7 Å². The summed E-state index contributed by atoms with van der Waals surface area (Å²) in [6.45, 7) is 3.68. The summed E-state index contributed by atoms with van der Waals surface area (Å²) in [5.41, 5.74) is 4.45. The van der Waals surface area contributed by atoms with Crippen LogP contribution in [0.2, 0.25) is 5.02 Å². The molecule has 1 aliphatic rings. The van der Waals surface area contributed by atoms with E-state index in [0.29, 0.717) is 32.9 Å². The number of piperidine rings is 1. The van der Waals surface area contributed by atoms with E-state index in [4.69, 9.17) is 16.3 Å². The van der Waals surface area contributed by atoms with Gasteiger partial charge >= 0.3 is 11.7 Å². The molecule has 1 saturated heterocycles. The van der Waals surface area contributed by atoms with E-state index in [1.165, 1.54) is 7.11 Å². The van der Waals surface area contributed by atoms with Crippen LogP contribution in [0.5, 0.6) is 0 Å². The van der Waals surface area contributed by atoms with Crippen molar-refractivity contribution < 1.29 is 14.3 Å². The van der Waals surface area contributed by atoms with Crippen LogP contribution in [0.1, 0.15) is 51.1 Å². The zero-order valence-electron chi connectivity index (χ0n) is 20.9. The van der Waals surface area contributed by atoms with Gasteiger partial charge in [-0.05, 0) is 85.8 Å². The lowest BCUT2D eigenvalue weighted by Gasteiger charge is -2.26. The van der Waals surface area contributed by atoms with E-state index in [-0.39, 0.29) is 18.1 Å². The van der Waals surface area contributed by atoms with Crippen LogP contribution in [0.4, 0.5) is 0 Å². The number of hydrogen-bond donors (Lipinski definition) is 0. The number of hydrogen-bond acceptors (Lipinski definition) is 4. The number of nitrogens with zero attached hydrogens (tertiary/aromatic N) is 3. The second kappa shape index (κ2) is 10.3. The van der Waals surface area contributed by atoms with Crippen molar-refractivity contribution in [3.63, 3.8) is 0 Å². The first kappa shape index (κ1) is 24.8. The van der Waals surface area contributed by atoms with Crippen LogP contribution < -0.4 is 5.69 Å². The Morgan fingerprint density at radius 3 is 2.38 bits per heavy atom. The molecule has 0 aliphatic carbocycles. The average molecular weight is 518 g/mol. The minimum Gasteiger partial charge on any atom is -0.465 e. The largest absolute Gasteiger partial charge is 0.465 e. The van der Waals surface area contributed by atoms with E-state index in [9.17, 15) is 14.4 Å². The first-order chi connectivity index (χ1) is 17.9. The monoisotopic (exact) mass is 517 g/mol. The molecule has 0 unspecified atom stereocenters. The number of carbonyl (C=O) groups is 2. The van der Waals surface area contributed by atoms with Gasteiger partial charge in [0, 0.05) is 23.7 Å². The lowest BCUT2D eigenvalue weighted by molar-refractivity contribution is 0.0599. The molecule has 37 heavy (non-hydrogen) atoms. The van der Waals surface area contributed by atoms with Gasteiger partial charge in [-0.2, -0.15) is 0 Å². The fraction of sp³-hybridized carbons (Fsp3) is 0.276. The van der Waals surface area contributed by atoms with E-state index in [1.54, 1.807) is 57.7 Å². The van der Waals surface area contributed by atoms with Crippen molar-refractivity contribution in [3.05, 3.63) is 98.4 Å². The Morgan fingerprint density at radius 1 is 0.946 bits per heavy atom. The highest BCUT2D eigenvalue weighted by molar-refractivity contribution is 6.31.